The predicted molar refractivity (Wildman–Crippen MR) is 130 cm³/mol. The van der Waals surface area contributed by atoms with Crippen LogP contribution in [-0.2, 0) is 20.9 Å². The molecule has 0 radical (unpaired) electrons. The van der Waals surface area contributed by atoms with Crippen LogP contribution in [0, 0.1) is 5.82 Å². The van der Waals surface area contributed by atoms with Gasteiger partial charge < -0.3 is 26.4 Å². The zero-order valence-corrected chi connectivity index (χ0v) is 20.1. The molecule has 12 heteroatoms. The number of aromatic nitrogens is 1. The number of hydrogen-bond donors (Lipinski definition) is 3. The number of ether oxygens (including phenoxy) is 1. The topological polar surface area (TPSA) is 158 Å². The largest absolute Gasteiger partial charge is 0.465 e. The summed E-state index contributed by atoms with van der Waals surface area (Å²) in [5.41, 5.74) is 11.8. The first-order chi connectivity index (χ1) is 17.2. The Morgan fingerprint density at radius 1 is 1.11 bits per heavy atom. The molecule has 0 aliphatic heterocycles. The molecule has 3 amide bonds. The number of halogens is 1. The van der Waals surface area contributed by atoms with Gasteiger partial charge in [0, 0.05) is 6.54 Å². The van der Waals surface area contributed by atoms with E-state index in [1.54, 1.807) is 37.3 Å². The van der Waals surface area contributed by atoms with Gasteiger partial charge in [-0.05, 0) is 41.7 Å². The van der Waals surface area contributed by atoms with Crippen molar-refractivity contribution in [3.8, 4) is 0 Å². The normalized spacial score (nSPS) is 11.4. The Bertz CT molecular complexity index is 1250. The molecule has 3 rings (SSSR count). The quantitative estimate of drug-likeness (QED) is 0.350. The fraction of sp³-hybridized carbons (Fsp3) is 0.208. The fourth-order valence-electron chi connectivity index (χ4n) is 3.41. The number of rotatable bonds is 10. The Morgan fingerprint density at radius 2 is 1.78 bits per heavy atom. The molecule has 0 unspecified atom stereocenters. The lowest BCUT2D eigenvalue weighted by Crippen LogP contribution is -2.44. The first-order valence-electron chi connectivity index (χ1n) is 10.8. The van der Waals surface area contributed by atoms with Gasteiger partial charge in [-0.3, -0.25) is 19.2 Å². The Hall–Kier alpha value is -4.32. The van der Waals surface area contributed by atoms with Gasteiger partial charge in [-0.2, -0.15) is 4.37 Å². The van der Waals surface area contributed by atoms with Gasteiger partial charge in [-0.1, -0.05) is 42.5 Å². The lowest BCUT2D eigenvalue weighted by molar-refractivity contribution is -0.143. The molecule has 0 bridgehead atoms. The van der Waals surface area contributed by atoms with Gasteiger partial charge in [-0.15, -0.1) is 0 Å². The van der Waals surface area contributed by atoms with Crippen LogP contribution in [-0.4, -0.2) is 46.1 Å². The molecular formula is C24H24FN5O5S. The third-order valence-electron chi connectivity index (χ3n) is 5.07. The van der Waals surface area contributed by atoms with Crippen molar-refractivity contribution >= 4 is 40.9 Å². The number of amides is 3. The van der Waals surface area contributed by atoms with Crippen LogP contribution in [0.1, 0.15) is 44.3 Å². The molecule has 0 aliphatic carbocycles. The van der Waals surface area contributed by atoms with Crippen molar-refractivity contribution in [3.05, 3.63) is 82.1 Å². The Labute approximate surface area is 210 Å². The van der Waals surface area contributed by atoms with Crippen LogP contribution in [0.2, 0.25) is 0 Å². The van der Waals surface area contributed by atoms with Crippen molar-refractivity contribution < 1.29 is 28.3 Å². The molecule has 3 aromatic rings. The van der Waals surface area contributed by atoms with Crippen LogP contribution in [0.3, 0.4) is 0 Å². The van der Waals surface area contributed by atoms with Gasteiger partial charge in [0.25, 0.3) is 11.8 Å². The number of nitrogen functional groups attached to an aromatic ring is 1. The molecule has 5 N–H and O–H groups in total. The van der Waals surface area contributed by atoms with Crippen molar-refractivity contribution in [2.24, 2.45) is 5.73 Å². The maximum atomic E-state index is 13.8. The summed E-state index contributed by atoms with van der Waals surface area (Å²) in [6.07, 6.45) is 0. The SMILES string of the molecule is CCOC(=O)CNC(=O)[C@H](c1ccc(F)cc1)N(Cc1ccccc1)C(=O)c1snc(C(N)=O)c1N. The van der Waals surface area contributed by atoms with Crippen molar-refractivity contribution in [2.45, 2.75) is 19.5 Å². The van der Waals surface area contributed by atoms with Gasteiger partial charge >= 0.3 is 5.97 Å². The summed E-state index contributed by atoms with van der Waals surface area (Å²) in [6.45, 7) is 1.26. The van der Waals surface area contributed by atoms with E-state index in [1.165, 1.54) is 17.0 Å². The van der Waals surface area contributed by atoms with E-state index in [4.69, 9.17) is 16.2 Å². The van der Waals surface area contributed by atoms with E-state index < -0.39 is 42.1 Å². The molecule has 10 nitrogen and oxygen atoms in total. The van der Waals surface area contributed by atoms with Crippen LogP contribution < -0.4 is 16.8 Å². The maximum absolute atomic E-state index is 13.8. The minimum Gasteiger partial charge on any atom is -0.465 e. The van der Waals surface area contributed by atoms with Crippen LogP contribution >= 0.6 is 11.5 Å². The lowest BCUT2D eigenvalue weighted by Gasteiger charge is -2.31. The average molecular weight is 514 g/mol. The summed E-state index contributed by atoms with van der Waals surface area (Å²) in [4.78, 5) is 51.7. The van der Waals surface area contributed by atoms with Crippen molar-refractivity contribution in [2.75, 3.05) is 18.9 Å². The van der Waals surface area contributed by atoms with E-state index in [9.17, 15) is 23.6 Å². The highest BCUT2D eigenvalue weighted by Crippen LogP contribution is 2.30. The Morgan fingerprint density at radius 3 is 2.36 bits per heavy atom. The smallest absolute Gasteiger partial charge is 0.325 e. The van der Waals surface area contributed by atoms with E-state index >= 15 is 0 Å². The molecule has 1 heterocycles. The zero-order chi connectivity index (χ0) is 26.2. The molecule has 0 saturated heterocycles. The van der Waals surface area contributed by atoms with E-state index in [0.29, 0.717) is 17.1 Å². The second-order valence-electron chi connectivity index (χ2n) is 7.53. The summed E-state index contributed by atoms with van der Waals surface area (Å²) < 4.78 is 22.4. The first-order valence-corrected chi connectivity index (χ1v) is 11.6. The van der Waals surface area contributed by atoms with Crippen molar-refractivity contribution in [3.63, 3.8) is 0 Å². The first kappa shape index (κ1) is 26.3. The average Bonchev–Trinajstić information content (AvgIpc) is 3.25. The summed E-state index contributed by atoms with van der Waals surface area (Å²) in [5.74, 6) is -3.52. The standard InChI is InChI=1S/C24H24FN5O5S/c1-2-35-17(31)12-28-23(33)20(15-8-10-16(25)11-9-15)30(13-14-6-4-3-5-7-14)24(34)21-18(26)19(22(27)32)29-36-21/h3-11,20H,2,12-13,26H2,1H3,(H2,27,32)(H,28,33)/t20-/m0/s1. The monoisotopic (exact) mass is 513 g/mol. The fourth-order valence-corrected chi connectivity index (χ4v) is 4.17. The highest BCUT2D eigenvalue weighted by Gasteiger charge is 2.35. The number of nitrogens with zero attached hydrogens (tertiary/aromatic N) is 2. The molecule has 188 valence electrons. The molecule has 0 spiro atoms. The van der Waals surface area contributed by atoms with Gasteiger partial charge in [0.2, 0.25) is 5.91 Å². The summed E-state index contributed by atoms with van der Waals surface area (Å²) >= 11 is 0.670. The second-order valence-corrected chi connectivity index (χ2v) is 8.31. The van der Waals surface area contributed by atoms with E-state index in [2.05, 4.69) is 9.69 Å². The van der Waals surface area contributed by atoms with Gasteiger partial charge in [0.05, 0.1) is 12.3 Å². The molecular weight excluding hydrogens is 489 g/mol. The predicted octanol–water partition coefficient (Wildman–Crippen LogP) is 2.03. The van der Waals surface area contributed by atoms with Crippen LogP contribution in [0.15, 0.2) is 54.6 Å². The summed E-state index contributed by atoms with van der Waals surface area (Å²) in [5, 5.41) is 2.47. The van der Waals surface area contributed by atoms with Crippen LogP contribution in [0.5, 0.6) is 0 Å². The minimum absolute atomic E-state index is 0.0578. The minimum atomic E-state index is -1.30. The Balaban J connectivity index is 2.07. The maximum Gasteiger partial charge on any atom is 0.325 e. The molecule has 0 saturated carbocycles. The van der Waals surface area contributed by atoms with Gasteiger partial charge in [0.15, 0.2) is 5.69 Å². The molecule has 36 heavy (non-hydrogen) atoms. The number of esters is 1. The Kier molecular flexibility index (Phi) is 8.68. The number of primary amides is 1. The third kappa shape index (κ3) is 6.21. The second kappa shape index (κ2) is 11.9. The number of nitrogens with two attached hydrogens (primary N) is 2. The van der Waals surface area contributed by atoms with E-state index in [0.717, 1.165) is 12.1 Å². The highest BCUT2D eigenvalue weighted by atomic mass is 32.1. The number of benzene rings is 2. The molecule has 0 fully saturated rings. The molecule has 2 aromatic carbocycles. The summed E-state index contributed by atoms with van der Waals surface area (Å²) in [7, 11) is 0. The van der Waals surface area contributed by atoms with Gasteiger partial charge in [-0.25, -0.2) is 4.39 Å². The number of nitrogens with one attached hydrogen (secondary N) is 1. The van der Waals surface area contributed by atoms with E-state index in [1.807, 2.05) is 0 Å². The number of carbonyl (C=O) groups excluding carboxylic acids is 4. The van der Waals surface area contributed by atoms with Crippen molar-refractivity contribution in [1.82, 2.24) is 14.6 Å². The third-order valence-corrected chi connectivity index (χ3v) is 5.92. The lowest BCUT2D eigenvalue weighted by atomic mass is 10.0. The van der Waals surface area contributed by atoms with Crippen LogP contribution in [0.4, 0.5) is 10.1 Å². The number of anilines is 1. The number of hydrogen-bond acceptors (Lipinski definition) is 8. The molecule has 1 aromatic heterocycles. The van der Waals surface area contributed by atoms with Crippen LogP contribution in [0.25, 0.3) is 0 Å². The van der Waals surface area contributed by atoms with Gasteiger partial charge in [0.1, 0.15) is 23.3 Å². The molecule has 0 aliphatic rings. The van der Waals surface area contributed by atoms with Crippen molar-refractivity contribution in [1.29, 1.82) is 0 Å². The molecule has 1 atom stereocenters. The number of carbonyl (C=O) groups is 4. The zero-order valence-electron chi connectivity index (χ0n) is 19.3. The summed E-state index contributed by atoms with van der Waals surface area (Å²) in [6, 6.07) is 12.5. The van der Waals surface area contributed by atoms with E-state index in [-0.39, 0.29) is 35.0 Å². The highest BCUT2D eigenvalue weighted by molar-refractivity contribution is 7.09.